The van der Waals surface area contributed by atoms with Gasteiger partial charge in [-0.3, -0.25) is 14.5 Å². The van der Waals surface area contributed by atoms with Crippen LogP contribution in [0.4, 0.5) is 0 Å². The Kier molecular flexibility index (Phi) is 5.34. The van der Waals surface area contributed by atoms with Crippen molar-refractivity contribution in [2.24, 2.45) is 5.92 Å². The van der Waals surface area contributed by atoms with Crippen LogP contribution in [-0.4, -0.2) is 46.7 Å². The number of piperidine rings is 3. The lowest BCUT2D eigenvalue weighted by molar-refractivity contribution is 0.0217. The molecule has 1 aromatic carbocycles. The molecule has 2 bridgehead atoms. The molecule has 3 aliphatic rings. The van der Waals surface area contributed by atoms with Gasteiger partial charge in [-0.05, 0) is 63.0 Å². The molecule has 0 saturated carbocycles. The van der Waals surface area contributed by atoms with E-state index in [4.69, 9.17) is 0 Å². The summed E-state index contributed by atoms with van der Waals surface area (Å²) in [6.45, 7) is 6.06. The highest BCUT2D eigenvalue weighted by atomic mass is 32.2. The number of thiazole rings is 1. The number of Topliss-reactive ketones (excluding diaryl/α,β-unsaturated/α-hetero) is 1. The second-order valence-electron chi connectivity index (χ2n) is 7.29. The van der Waals surface area contributed by atoms with Crippen molar-refractivity contribution < 1.29 is 9.59 Å². The van der Waals surface area contributed by atoms with Crippen molar-refractivity contribution in [2.45, 2.75) is 48.0 Å². The van der Waals surface area contributed by atoms with E-state index in [9.17, 15) is 9.59 Å². The van der Waals surface area contributed by atoms with Gasteiger partial charge in [0.05, 0.1) is 0 Å². The number of fused-ring (bicyclic) bond motifs is 3. The predicted molar refractivity (Wildman–Crippen MR) is 108 cm³/mol. The largest absolute Gasteiger partial charge is 0.347 e. The molecule has 3 aliphatic heterocycles. The number of rotatable bonds is 5. The molecule has 2 unspecified atom stereocenters. The average molecular weight is 402 g/mol. The molecule has 7 heteroatoms. The summed E-state index contributed by atoms with van der Waals surface area (Å²) in [6, 6.07) is 8.26. The highest BCUT2D eigenvalue weighted by Crippen LogP contribution is 2.33. The standard InChI is InChI=1S/C20H23N3O2S2/c1-12-18(14-7-9-23(12)10-8-14)22-19(25)15-3-5-16(6-4-15)27-20-21-17(11-26-20)13(2)24/h3-6,11-12,14,18H,7-10H2,1-2H3,(H,22,25). The van der Waals surface area contributed by atoms with Gasteiger partial charge < -0.3 is 5.32 Å². The van der Waals surface area contributed by atoms with Crippen LogP contribution in [0, 0.1) is 5.92 Å². The molecule has 5 rings (SSSR count). The van der Waals surface area contributed by atoms with Crippen LogP contribution < -0.4 is 5.32 Å². The Balaban J connectivity index is 1.39. The molecule has 27 heavy (non-hydrogen) atoms. The number of hydrogen-bond acceptors (Lipinski definition) is 6. The highest BCUT2D eigenvalue weighted by Gasteiger charge is 2.40. The van der Waals surface area contributed by atoms with Gasteiger partial charge in [0.2, 0.25) is 0 Å². The normalized spacial score (nSPS) is 26.7. The molecule has 2 aromatic rings. The fourth-order valence-electron chi connectivity index (χ4n) is 4.02. The number of hydrogen-bond donors (Lipinski definition) is 1. The third-order valence-corrected chi connectivity index (χ3v) is 7.59. The molecule has 0 spiro atoms. The number of ketones is 1. The second-order valence-corrected chi connectivity index (χ2v) is 9.47. The van der Waals surface area contributed by atoms with E-state index >= 15 is 0 Å². The monoisotopic (exact) mass is 401 g/mol. The minimum absolute atomic E-state index is 0.00487. The Morgan fingerprint density at radius 1 is 1.22 bits per heavy atom. The van der Waals surface area contributed by atoms with E-state index in [1.165, 1.54) is 42.9 Å². The Hall–Kier alpha value is -1.70. The molecule has 142 valence electrons. The molecule has 2 atom stereocenters. The lowest BCUT2D eigenvalue weighted by atomic mass is 9.79. The van der Waals surface area contributed by atoms with E-state index in [0.717, 1.165) is 22.3 Å². The molecule has 3 saturated heterocycles. The summed E-state index contributed by atoms with van der Waals surface area (Å²) >= 11 is 2.97. The summed E-state index contributed by atoms with van der Waals surface area (Å²) in [5, 5.41) is 5.05. The van der Waals surface area contributed by atoms with Crippen LogP contribution in [0.1, 0.15) is 47.5 Å². The van der Waals surface area contributed by atoms with Crippen LogP contribution in [0.5, 0.6) is 0 Å². The van der Waals surface area contributed by atoms with E-state index in [1.54, 1.807) is 5.38 Å². The first-order valence-corrected chi connectivity index (χ1v) is 11.0. The lowest BCUT2D eigenvalue weighted by Gasteiger charge is -2.49. The molecular formula is C20H23N3O2S2. The van der Waals surface area contributed by atoms with Crippen molar-refractivity contribution >= 4 is 34.8 Å². The van der Waals surface area contributed by atoms with Gasteiger partial charge in [0.15, 0.2) is 10.1 Å². The van der Waals surface area contributed by atoms with E-state index < -0.39 is 0 Å². The quantitative estimate of drug-likeness (QED) is 0.774. The molecule has 1 aromatic heterocycles. The fourth-order valence-corrected chi connectivity index (χ4v) is 5.85. The molecule has 0 radical (unpaired) electrons. The zero-order chi connectivity index (χ0) is 19.0. The summed E-state index contributed by atoms with van der Waals surface area (Å²) in [6.07, 6.45) is 2.36. The topological polar surface area (TPSA) is 62.3 Å². The smallest absolute Gasteiger partial charge is 0.251 e. The molecular weight excluding hydrogens is 378 g/mol. The van der Waals surface area contributed by atoms with Crippen LogP contribution >= 0.6 is 23.1 Å². The van der Waals surface area contributed by atoms with Gasteiger partial charge in [0.1, 0.15) is 5.69 Å². The zero-order valence-electron chi connectivity index (χ0n) is 15.5. The van der Waals surface area contributed by atoms with Gasteiger partial charge in [0.25, 0.3) is 5.91 Å². The molecule has 1 amide bonds. The van der Waals surface area contributed by atoms with Crippen LogP contribution in [0.3, 0.4) is 0 Å². The van der Waals surface area contributed by atoms with Crippen molar-refractivity contribution in [3.63, 3.8) is 0 Å². The third-order valence-electron chi connectivity index (χ3n) is 5.64. The number of nitrogens with one attached hydrogen (secondary N) is 1. The van der Waals surface area contributed by atoms with E-state index in [0.29, 0.717) is 23.2 Å². The minimum atomic E-state index is -0.0212. The van der Waals surface area contributed by atoms with Gasteiger partial charge in [0, 0.05) is 34.8 Å². The lowest BCUT2D eigenvalue weighted by Crippen LogP contribution is -2.62. The van der Waals surface area contributed by atoms with E-state index in [1.807, 2.05) is 24.3 Å². The molecule has 4 heterocycles. The highest BCUT2D eigenvalue weighted by molar-refractivity contribution is 8.01. The van der Waals surface area contributed by atoms with Gasteiger partial charge in [-0.1, -0.05) is 11.8 Å². The summed E-state index contributed by atoms with van der Waals surface area (Å²) in [7, 11) is 0. The van der Waals surface area contributed by atoms with Crippen LogP contribution in [0.25, 0.3) is 0 Å². The zero-order valence-corrected chi connectivity index (χ0v) is 17.1. The van der Waals surface area contributed by atoms with Gasteiger partial charge in [-0.25, -0.2) is 4.98 Å². The first kappa shape index (κ1) is 18.7. The molecule has 3 fully saturated rings. The number of aromatic nitrogens is 1. The van der Waals surface area contributed by atoms with Gasteiger partial charge >= 0.3 is 0 Å². The van der Waals surface area contributed by atoms with Crippen LogP contribution in [-0.2, 0) is 0 Å². The Bertz CT molecular complexity index is 839. The van der Waals surface area contributed by atoms with Crippen molar-refractivity contribution in [3.05, 3.63) is 40.9 Å². The van der Waals surface area contributed by atoms with E-state index in [2.05, 4.69) is 22.1 Å². The SMILES string of the molecule is CC(=O)c1csc(Sc2ccc(C(=O)NC3C4CCN(CC4)C3C)cc2)n1. The molecule has 0 aliphatic carbocycles. The van der Waals surface area contributed by atoms with Crippen molar-refractivity contribution in [1.29, 1.82) is 0 Å². The summed E-state index contributed by atoms with van der Waals surface area (Å²) in [5.41, 5.74) is 1.19. The maximum atomic E-state index is 12.7. The van der Waals surface area contributed by atoms with Crippen molar-refractivity contribution in [3.8, 4) is 0 Å². The van der Waals surface area contributed by atoms with Crippen molar-refractivity contribution in [1.82, 2.24) is 15.2 Å². The Labute approximate surface area is 167 Å². The maximum Gasteiger partial charge on any atom is 0.251 e. The summed E-state index contributed by atoms with van der Waals surface area (Å²) in [5.74, 6) is 0.585. The molecule has 1 N–H and O–H groups in total. The van der Waals surface area contributed by atoms with Crippen LogP contribution in [0.15, 0.2) is 38.9 Å². The number of nitrogens with zero attached hydrogens (tertiary/aromatic N) is 2. The number of carbonyl (C=O) groups is 2. The summed E-state index contributed by atoms with van der Waals surface area (Å²) < 4.78 is 0.832. The second kappa shape index (κ2) is 7.73. The van der Waals surface area contributed by atoms with Gasteiger partial charge in [-0.2, -0.15) is 0 Å². The molecule has 5 nitrogen and oxygen atoms in total. The number of carbonyl (C=O) groups excluding carboxylic acids is 2. The minimum Gasteiger partial charge on any atom is -0.347 e. The summed E-state index contributed by atoms with van der Waals surface area (Å²) in [4.78, 5) is 31.9. The Morgan fingerprint density at radius 2 is 1.93 bits per heavy atom. The predicted octanol–water partition coefficient (Wildman–Crippen LogP) is 3.71. The maximum absolute atomic E-state index is 12.7. The van der Waals surface area contributed by atoms with Gasteiger partial charge in [-0.15, -0.1) is 11.3 Å². The van der Waals surface area contributed by atoms with E-state index in [-0.39, 0.29) is 17.7 Å². The Morgan fingerprint density at radius 3 is 2.52 bits per heavy atom. The first-order chi connectivity index (χ1) is 13.0. The fraction of sp³-hybridized carbons (Fsp3) is 0.450. The third kappa shape index (κ3) is 3.95. The first-order valence-electron chi connectivity index (χ1n) is 9.30. The number of benzene rings is 1. The van der Waals surface area contributed by atoms with Crippen molar-refractivity contribution in [2.75, 3.05) is 13.1 Å². The average Bonchev–Trinajstić information content (AvgIpc) is 3.14. The van der Waals surface area contributed by atoms with Crippen LogP contribution in [0.2, 0.25) is 0 Å². The number of amides is 1.